The number of rotatable bonds is 6. The number of hydrogen-bond donors (Lipinski definition) is 0. The molecule has 0 aliphatic carbocycles. The fourth-order valence-corrected chi connectivity index (χ4v) is 7.32. The Balaban J connectivity index is 1.58. The molecule has 0 atom stereocenters. The summed E-state index contributed by atoms with van der Waals surface area (Å²) in [6, 6.07) is 12.5. The second-order valence-corrected chi connectivity index (χ2v) is 12.7. The van der Waals surface area contributed by atoms with Gasteiger partial charge >= 0.3 is 0 Å². The highest BCUT2D eigenvalue weighted by Crippen LogP contribution is 2.33. The Morgan fingerprint density at radius 1 is 0.947 bits per heavy atom. The van der Waals surface area contributed by atoms with Crippen molar-refractivity contribution in [1.29, 1.82) is 0 Å². The number of carbonyl (C=O) groups is 1. The molecule has 1 heterocycles. The fraction of sp³-hybridized carbons (Fsp3) is 0.345. The molecule has 1 saturated heterocycles. The minimum atomic E-state index is -3.75. The van der Waals surface area contributed by atoms with Crippen molar-refractivity contribution >= 4 is 37.5 Å². The second-order valence-electron chi connectivity index (χ2n) is 9.91. The number of sulfonamides is 1. The quantitative estimate of drug-likeness (QED) is 0.319. The average Bonchev–Trinajstić information content (AvgIpc) is 2.87. The molecule has 0 N–H and O–H groups in total. The van der Waals surface area contributed by atoms with Crippen LogP contribution in [0.25, 0.3) is 0 Å². The van der Waals surface area contributed by atoms with Gasteiger partial charge in [0, 0.05) is 29.5 Å². The fourth-order valence-electron chi connectivity index (χ4n) is 5.01. The Morgan fingerprint density at radius 2 is 1.53 bits per heavy atom. The molecular weight excluding hydrogens is 574 g/mol. The molecule has 0 unspecified atom stereocenters. The lowest BCUT2D eigenvalue weighted by Gasteiger charge is -2.34. The van der Waals surface area contributed by atoms with Crippen molar-refractivity contribution in [3.05, 3.63) is 92.5 Å². The highest BCUT2D eigenvalue weighted by atomic mass is 79.9. The highest BCUT2D eigenvalue weighted by Gasteiger charge is 2.36. The number of hydrogen-bond acceptors (Lipinski definition) is 3. The number of aryl methyl sites for hydroxylation is 2. The summed E-state index contributed by atoms with van der Waals surface area (Å²) in [6.45, 7) is 7.92. The molecule has 3 aromatic rings. The summed E-state index contributed by atoms with van der Waals surface area (Å²) in [5.74, 6) is -2.36. The van der Waals surface area contributed by atoms with Crippen molar-refractivity contribution in [2.24, 2.45) is 5.92 Å². The zero-order valence-electron chi connectivity index (χ0n) is 21.9. The van der Waals surface area contributed by atoms with Gasteiger partial charge in [0.15, 0.2) is 0 Å². The largest absolute Gasteiger partial charge is 0.305 e. The number of anilines is 1. The van der Waals surface area contributed by atoms with Crippen molar-refractivity contribution in [2.75, 3.05) is 18.0 Å². The molecule has 4 rings (SSSR count). The van der Waals surface area contributed by atoms with E-state index in [2.05, 4.69) is 15.9 Å². The maximum Gasteiger partial charge on any atom is 0.243 e. The van der Waals surface area contributed by atoms with Crippen LogP contribution in [0.2, 0.25) is 0 Å². The standard InChI is InChI=1S/C29H31BrF2N2O3S/c1-18-15-19(2)21(4)28(20(18)3)38(36,37)33-13-11-23(12-14-33)29(35)34(17-22-5-7-24(30)8-6-22)27-10-9-25(31)16-26(27)32/h5-10,15-16,23H,11-14,17H2,1-4H3. The van der Waals surface area contributed by atoms with Crippen molar-refractivity contribution in [3.8, 4) is 0 Å². The zero-order valence-corrected chi connectivity index (χ0v) is 24.3. The molecule has 1 fully saturated rings. The number of piperidine rings is 1. The van der Waals surface area contributed by atoms with Crippen LogP contribution in [0.1, 0.15) is 40.7 Å². The molecular formula is C29H31BrF2N2O3S. The lowest BCUT2D eigenvalue weighted by Crippen LogP contribution is -2.44. The van der Waals surface area contributed by atoms with Crippen LogP contribution < -0.4 is 4.90 Å². The lowest BCUT2D eigenvalue weighted by molar-refractivity contribution is -0.123. The molecule has 0 bridgehead atoms. The van der Waals surface area contributed by atoms with E-state index in [1.54, 1.807) is 0 Å². The van der Waals surface area contributed by atoms with Crippen LogP contribution in [0.4, 0.5) is 14.5 Å². The van der Waals surface area contributed by atoms with Gasteiger partial charge in [-0.1, -0.05) is 34.1 Å². The smallest absolute Gasteiger partial charge is 0.243 e. The molecule has 0 aromatic heterocycles. The third kappa shape index (κ3) is 5.70. The van der Waals surface area contributed by atoms with Crippen molar-refractivity contribution in [1.82, 2.24) is 4.31 Å². The van der Waals surface area contributed by atoms with Gasteiger partial charge in [-0.15, -0.1) is 0 Å². The number of halogens is 3. The van der Waals surface area contributed by atoms with Gasteiger partial charge in [0.2, 0.25) is 15.9 Å². The normalized spacial score (nSPS) is 15.0. The minimum absolute atomic E-state index is 0.00384. The third-order valence-corrected chi connectivity index (χ3v) is 10.1. The molecule has 5 nitrogen and oxygen atoms in total. The summed E-state index contributed by atoms with van der Waals surface area (Å²) in [4.78, 5) is 15.4. The van der Waals surface area contributed by atoms with Crippen molar-refractivity contribution in [3.63, 3.8) is 0 Å². The summed E-state index contributed by atoms with van der Waals surface area (Å²) >= 11 is 3.39. The Kier molecular flexibility index (Phi) is 8.40. The van der Waals surface area contributed by atoms with Crippen molar-refractivity contribution < 1.29 is 22.0 Å². The SMILES string of the molecule is Cc1cc(C)c(C)c(S(=O)(=O)N2CCC(C(=O)N(Cc3ccc(Br)cc3)c3ccc(F)cc3F)CC2)c1C. The lowest BCUT2D eigenvalue weighted by atomic mass is 9.96. The van der Waals surface area contributed by atoms with Gasteiger partial charge in [0.05, 0.1) is 17.1 Å². The van der Waals surface area contributed by atoms with E-state index in [4.69, 9.17) is 0 Å². The van der Waals surface area contributed by atoms with Crippen LogP contribution in [0, 0.1) is 45.2 Å². The minimum Gasteiger partial charge on any atom is -0.305 e. The Morgan fingerprint density at radius 3 is 2.08 bits per heavy atom. The molecule has 3 aromatic carbocycles. The molecule has 1 aliphatic rings. The monoisotopic (exact) mass is 604 g/mol. The first-order valence-electron chi connectivity index (χ1n) is 12.5. The number of amides is 1. The predicted octanol–water partition coefficient (Wildman–Crippen LogP) is 6.60. The molecule has 9 heteroatoms. The first-order chi connectivity index (χ1) is 17.9. The van der Waals surface area contributed by atoms with E-state index in [0.717, 1.165) is 44.4 Å². The van der Waals surface area contributed by atoms with Crippen LogP contribution in [-0.2, 0) is 21.4 Å². The van der Waals surface area contributed by atoms with Gasteiger partial charge in [-0.05, 0) is 92.6 Å². The molecule has 1 amide bonds. The maximum absolute atomic E-state index is 14.8. The predicted molar refractivity (Wildman–Crippen MR) is 149 cm³/mol. The molecule has 38 heavy (non-hydrogen) atoms. The Labute approximate surface area is 231 Å². The van der Waals surface area contributed by atoms with Crippen molar-refractivity contribution in [2.45, 2.75) is 52.0 Å². The van der Waals surface area contributed by atoms with E-state index in [1.165, 1.54) is 15.3 Å². The van der Waals surface area contributed by atoms with E-state index in [1.807, 2.05) is 58.0 Å². The summed E-state index contributed by atoms with van der Waals surface area (Å²) in [6.07, 6.45) is 0.612. The van der Waals surface area contributed by atoms with Gasteiger partial charge in [-0.2, -0.15) is 4.31 Å². The Hall–Kier alpha value is -2.62. The Bertz CT molecular complexity index is 1440. The summed E-state index contributed by atoms with van der Waals surface area (Å²) in [7, 11) is -3.75. The third-order valence-electron chi connectivity index (χ3n) is 7.42. The van der Waals surface area contributed by atoms with Gasteiger partial charge in [-0.3, -0.25) is 4.79 Å². The average molecular weight is 606 g/mol. The number of benzene rings is 3. The molecule has 202 valence electrons. The summed E-state index contributed by atoms with van der Waals surface area (Å²) < 4.78 is 58.1. The second kappa shape index (κ2) is 11.2. The maximum atomic E-state index is 14.8. The van der Waals surface area contributed by atoms with E-state index in [9.17, 15) is 22.0 Å². The summed E-state index contributed by atoms with van der Waals surface area (Å²) in [5, 5.41) is 0. The van der Waals surface area contributed by atoms with E-state index in [-0.39, 0.29) is 31.2 Å². The highest BCUT2D eigenvalue weighted by molar-refractivity contribution is 9.10. The van der Waals surface area contributed by atoms with Gasteiger partial charge in [0.25, 0.3) is 0 Å². The van der Waals surface area contributed by atoms with Crippen LogP contribution in [0.15, 0.2) is 57.9 Å². The number of nitrogens with zero attached hydrogens (tertiary/aromatic N) is 2. The molecule has 0 saturated carbocycles. The van der Waals surface area contributed by atoms with Crippen LogP contribution in [0.5, 0.6) is 0 Å². The van der Waals surface area contributed by atoms with E-state index >= 15 is 0 Å². The zero-order chi connectivity index (χ0) is 27.8. The van der Waals surface area contributed by atoms with Crippen LogP contribution in [0.3, 0.4) is 0 Å². The van der Waals surface area contributed by atoms with Gasteiger partial charge < -0.3 is 4.90 Å². The van der Waals surface area contributed by atoms with Crippen LogP contribution in [-0.4, -0.2) is 31.7 Å². The first-order valence-corrected chi connectivity index (χ1v) is 14.7. The van der Waals surface area contributed by atoms with E-state index in [0.29, 0.717) is 17.7 Å². The van der Waals surface area contributed by atoms with Gasteiger partial charge in [-0.25, -0.2) is 17.2 Å². The molecule has 0 spiro atoms. The first kappa shape index (κ1) is 28.4. The summed E-state index contributed by atoms with van der Waals surface area (Å²) in [5.41, 5.74) is 4.09. The van der Waals surface area contributed by atoms with Crippen LogP contribution >= 0.6 is 15.9 Å². The molecule has 1 aliphatic heterocycles. The topological polar surface area (TPSA) is 57.7 Å². The van der Waals surface area contributed by atoms with E-state index < -0.39 is 27.6 Å². The number of carbonyl (C=O) groups excluding carboxylic acids is 1. The molecule has 0 radical (unpaired) electrons. The van der Waals surface area contributed by atoms with Gasteiger partial charge in [0.1, 0.15) is 11.6 Å².